The van der Waals surface area contributed by atoms with E-state index in [0.717, 1.165) is 24.8 Å². The lowest BCUT2D eigenvalue weighted by atomic mass is 9.62. The van der Waals surface area contributed by atoms with Gasteiger partial charge in [0.15, 0.2) is 5.78 Å². The maximum absolute atomic E-state index is 12.5. The number of carboxylic acids is 1. The number of carboxylic acid groups (broad SMARTS) is 1. The van der Waals surface area contributed by atoms with Gasteiger partial charge in [-0.2, -0.15) is 0 Å². The van der Waals surface area contributed by atoms with E-state index in [1.165, 1.54) is 12.4 Å². The number of aliphatic carboxylic acids is 1. The van der Waals surface area contributed by atoms with Gasteiger partial charge in [-0.3, -0.25) is 14.6 Å². The second-order valence-electron chi connectivity index (χ2n) is 8.53. The summed E-state index contributed by atoms with van der Waals surface area (Å²) >= 11 is 18.3. The fourth-order valence-electron chi connectivity index (χ4n) is 4.57. The van der Waals surface area contributed by atoms with Crippen molar-refractivity contribution >= 4 is 58.1 Å². The Morgan fingerprint density at radius 1 is 1.03 bits per heavy atom. The molecule has 1 heterocycles. The van der Waals surface area contributed by atoms with Crippen molar-refractivity contribution < 1.29 is 19.5 Å². The van der Waals surface area contributed by atoms with Gasteiger partial charge in [0.2, 0.25) is 0 Å². The number of anilines is 1. The number of halogens is 3. The first-order valence-corrected chi connectivity index (χ1v) is 12.0. The van der Waals surface area contributed by atoms with Crippen molar-refractivity contribution in [3.63, 3.8) is 0 Å². The number of pyridine rings is 1. The summed E-state index contributed by atoms with van der Waals surface area (Å²) in [7, 11) is 0. The van der Waals surface area contributed by atoms with Crippen molar-refractivity contribution in [2.45, 2.75) is 44.6 Å². The summed E-state index contributed by atoms with van der Waals surface area (Å²) in [5.74, 6) is -1.61. The van der Waals surface area contributed by atoms with Gasteiger partial charge in [-0.25, -0.2) is 4.79 Å². The normalized spacial score (nSPS) is 17.8. The van der Waals surface area contributed by atoms with Gasteiger partial charge >= 0.3 is 5.97 Å². The first-order chi connectivity index (χ1) is 16.2. The average molecular weight is 523 g/mol. The van der Waals surface area contributed by atoms with Crippen molar-refractivity contribution in [3.05, 3.63) is 68.6 Å². The topological polar surface area (TPSA) is 108 Å². The third-order valence-corrected chi connectivity index (χ3v) is 7.32. The Kier molecular flexibility index (Phi) is 7.17. The van der Waals surface area contributed by atoms with Gasteiger partial charge in [-0.1, -0.05) is 66.2 Å². The number of allylic oxidation sites excluding steroid dienone is 2. The predicted octanol–water partition coefficient (Wildman–Crippen LogP) is 5.21. The van der Waals surface area contributed by atoms with E-state index in [1.807, 2.05) is 0 Å². The number of carbonyl (C=O) groups is 3. The van der Waals surface area contributed by atoms with Crippen LogP contribution in [-0.4, -0.2) is 33.8 Å². The Bertz CT molecular complexity index is 1150. The second kappa shape index (κ2) is 9.94. The van der Waals surface area contributed by atoms with Crippen LogP contribution in [0.25, 0.3) is 0 Å². The summed E-state index contributed by atoms with van der Waals surface area (Å²) in [6.07, 6.45) is 7.12. The highest BCUT2D eigenvalue weighted by Crippen LogP contribution is 2.52. The van der Waals surface area contributed by atoms with E-state index >= 15 is 0 Å². The molecule has 1 aromatic carbocycles. The highest BCUT2D eigenvalue weighted by atomic mass is 35.5. The Hall–Kier alpha value is -2.61. The molecule has 3 N–H and O–H groups in total. The van der Waals surface area contributed by atoms with Crippen LogP contribution in [0.15, 0.2) is 47.4 Å². The summed E-state index contributed by atoms with van der Waals surface area (Å²) in [5.41, 5.74) is 1.25. The van der Waals surface area contributed by atoms with Crippen LogP contribution in [0.4, 0.5) is 5.69 Å². The van der Waals surface area contributed by atoms with Crippen molar-refractivity contribution in [2.75, 3.05) is 5.32 Å². The van der Waals surface area contributed by atoms with Gasteiger partial charge < -0.3 is 15.7 Å². The van der Waals surface area contributed by atoms with Gasteiger partial charge in [0, 0.05) is 30.2 Å². The molecule has 178 valence electrons. The van der Waals surface area contributed by atoms with Crippen LogP contribution in [0.1, 0.15) is 48.0 Å². The summed E-state index contributed by atoms with van der Waals surface area (Å²) in [6, 6.07) is 5.82. The van der Waals surface area contributed by atoms with E-state index in [0.29, 0.717) is 24.2 Å². The van der Waals surface area contributed by atoms with Crippen molar-refractivity contribution in [2.24, 2.45) is 5.41 Å². The lowest BCUT2D eigenvalue weighted by Gasteiger charge is -2.45. The Balaban J connectivity index is 1.45. The number of amides is 1. The molecule has 34 heavy (non-hydrogen) atoms. The number of rotatable bonds is 7. The Labute approximate surface area is 211 Å². The molecule has 1 amide bonds. The molecule has 2 aliphatic carbocycles. The summed E-state index contributed by atoms with van der Waals surface area (Å²) in [6.45, 7) is 0. The second-order valence-corrected chi connectivity index (χ2v) is 9.72. The molecule has 0 saturated heterocycles. The lowest BCUT2D eigenvalue weighted by Crippen LogP contribution is -2.53. The number of nitrogens with one attached hydrogen (secondary N) is 2. The molecule has 1 fully saturated rings. The summed E-state index contributed by atoms with van der Waals surface area (Å²) in [5, 5.41) is 15.9. The molecular weight excluding hydrogens is 501 g/mol. The monoisotopic (exact) mass is 521 g/mol. The number of Topliss-reactive ketones (excluding diaryl/α,β-unsaturated/α-hetero) is 1. The van der Waals surface area contributed by atoms with Crippen LogP contribution >= 0.6 is 34.8 Å². The summed E-state index contributed by atoms with van der Waals surface area (Å²) in [4.78, 5) is 40.8. The highest BCUT2D eigenvalue weighted by molar-refractivity contribution is 6.47. The smallest absolute Gasteiger partial charge is 0.326 e. The standard InChI is InChI=1S/C24H22Cl3N3O4/c25-15-11-28-12-16(26)18(15)22(32)29-14-6-4-13(5-7-14)10-17(23(33)34)30-20-19(27)21(31)24(20)8-2-1-3-9-24/h4-7,11-12,17,30H,1-3,8-10H2,(H,29,32)(H,33,34). The molecule has 7 nitrogen and oxygen atoms in total. The molecule has 4 rings (SSSR count). The van der Waals surface area contributed by atoms with Gasteiger partial charge in [0.1, 0.15) is 11.1 Å². The zero-order chi connectivity index (χ0) is 24.5. The van der Waals surface area contributed by atoms with E-state index in [1.54, 1.807) is 24.3 Å². The van der Waals surface area contributed by atoms with Crippen molar-refractivity contribution in [1.29, 1.82) is 0 Å². The molecule has 10 heteroatoms. The fourth-order valence-corrected chi connectivity index (χ4v) is 5.53. The third kappa shape index (κ3) is 4.65. The van der Waals surface area contributed by atoms with Gasteiger partial charge in [0.05, 0.1) is 21.0 Å². The van der Waals surface area contributed by atoms with E-state index in [4.69, 9.17) is 34.8 Å². The van der Waals surface area contributed by atoms with Crippen LogP contribution in [0.2, 0.25) is 10.0 Å². The highest BCUT2D eigenvalue weighted by Gasteiger charge is 2.54. The minimum absolute atomic E-state index is 0.0880. The quantitative estimate of drug-likeness (QED) is 0.461. The molecule has 0 bridgehead atoms. The average Bonchev–Trinajstić information content (AvgIpc) is 2.82. The van der Waals surface area contributed by atoms with E-state index in [9.17, 15) is 19.5 Å². The first kappa shape index (κ1) is 24.5. The minimum Gasteiger partial charge on any atom is -0.480 e. The number of ketones is 1. The zero-order valence-electron chi connectivity index (χ0n) is 18.0. The van der Waals surface area contributed by atoms with Crippen LogP contribution in [0, 0.1) is 5.41 Å². The van der Waals surface area contributed by atoms with Crippen LogP contribution < -0.4 is 10.6 Å². The van der Waals surface area contributed by atoms with E-state index in [2.05, 4.69) is 15.6 Å². The summed E-state index contributed by atoms with van der Waals surface area (Å²) < 4.78 is 0. The zero-order valence-corrected chi connectivity index (χ0v) is 20.3. The number of hydrogen-bond donors (Lipinski definition) is 3. The molecule has 1 aromatic heterocycles. The Morgan fingerprint density at radius 3 is 2.24 bits per heavy atom. The number of carbonyl (C=O) groups excluding carboxylic acids is 2. The predicted molar refractivity (Wildman–Crippen MR) is 130 cm³/mol. The first-order valence-electron chi connectivity index (χ1n) is 10.9. The van der Waals surface area contributed by atoms with Crippen molar-refractivity contribution in [1.82, 2.24) is 10.3 Å². The third-order valence-electron chi connectivity index (χ3n) is 6.39. The van der Waals surface area contributed by atoms with Crippen molar-refractivity contribution in [3.8, 4) is 0 Å². The number of nitrogens with zero attached hydrogens (tertiary/aromatic N) is 1. The largest absolute Gasteiger partial charge is 0.480 e. The molecule has 0 aliphatic heterocycles. The number of benzene rings is 1. The molecule has 1 saturated carbocycles. The van der Waals surface area contributed by atoms with Crippen LogP contribution in [0.3, 0.4) is 0 Å². The van der Waals surface area contributed by atoms with Crippen LogP contribution in [0.5, 0.6) is 0 Å². The SMILES string of the molecule is O=C(Nc1ccc(CC(NC2=C(Cl)C(=O)C23CCCCC3)C(=O)O)cc1)c1c(Cl)cncc1Cl. The van der Waals surface area contributed by atoms with Gasteiger partial charge in [-0.05, 0) is 30.5 Å². The minimum atomic E-state index is -1.04. The molecule has 2 aromatic rings. The number of aromatic nitrogens is 1. The molecule has 0 radical (unpaired) electrons. The fraction of sp³-hybridized carbons (Fsp3) is 0.333. The maximum Gasteiger partial charge on any atom is 0.326 e. The Morgan fingerprint density at radius 2 is 1.65 bits per heavy atom. The molecule has 1 unspecified atom stereocenters. The van der Waals surface area contributed by atoms with Crippen LogP contribution in [-0.2, 0) is 16.0 Å². The van der Waals surface area contributed by atoms with E-state index < -0.39 is 23.3 Å². The molecule has 2 aliphatic rings. The van der Waals surface area contributed by atoms with E-state index in [-0.39, 0.29) is 32.8 Å². The van der Waals surface area contributed by atoms with Gasteiger partial charge in [0.25, 0.3) is 5.91 Å². The molecule has 1 atom stereocenters. The number of hydrogen-bond acceptors (Lipinski definition) is 5. The maximum atomic E-state index is 12.5. The molecular formula is C24H22Cl3N3O4. The molecule has 1 spiro atoms. The van der Waals surface area contributed by atoms with Gasteiger partial charge in [-0.15, -0.1) is 0 Å². The lowest BCUT2D eigenvalue weighted by molar-refractivity contribution is -0.140.